The van der Waals surface area contributed by atoms with Crippen LogP contribution in [0.3, 0.4) is 0 Å². The van der Waals surface area contributed by atoms with Gasteiger partial charge in [0.05, 0.1) is 17.2 Å². The highest BCUT2D eigenvalue weighted by Gasteiger charge is 2.51. The van der Waals surface area contributed by atoms with E-state index in [0.29, 0.717) is 5.02 Å². The number of hydrogen-bond donors (Lipinski definition) is 1. The van der Waals surface area contributed by atoms with Crippen molar-refractivity contribution in [3.05, 3.63) is 28.8 Å². The van der Waals surface area contributed by atoms with E-state index in [1.807, 2.05) is 73.6 Å². The zero-order valence-electron chi connectivity index (χ0n) is 16.4. The van der Waals surface area contributed by atoms with Crippen molar-refractivity contribution in [3.8, 4) is 0 Å². The maximum absolute atomic E-state index is 12.3. The van der Waals surface area contributed by atoms with E-state index >= 15 is 0 Å². The first-order valence-electron chi connectivity index (χ1n) is 8.57. The summed E-state index contributed by atoms with van der Waals surface area (Å²) >= 11 is 5.33. The molecule has 7 heteroatoms. The molecule has 0 aromatic heterocycles. The van der Waals surface area contributed by atoms with Gasteiger partial charge in [-0.1, -0.05) is 23.7 Å². The van der Waals surface area contributed by atoms with Crippen molar-refractivity contribution >= 4 is 35.5 Å². The molecule has 0 aliphatic carbocycles. The van der Waals surface area contributed by atoms with Gasteiger partial charge in [0.2, 0.25) is 0 Å². The molecule has 0 saturated carbocycles. The van der Waals surface area contributed by atoms with E-state index < -0.39 is 18.5 Å². The second kappa shape index (κ2) is 7.06. The van der Waals surface area contributed by atoms with Crippen LogP contribution in [0.25, 0.3) is 0 Å². The third-order valence-corrected chi connectivity index (χ3v) is 6.86. The van der Waals surface area contributed by atoms with E-state index in [1.165, 1.54) is 0 Å². The van der Waals surface area contributed by atoms with Gasteiger partial charge in [-0.15, -0.1) is 4.72 Å². The van der Waals surface area contributed by atoms with Gasteiger partial charge in [-0.3, -0.25) is 0 Å². The van der Waals surface area contributed by atoms with Crippen LogP contribution in [0, 0.1) is 0 Å². The van der Waals surface area contributed by atoms with E-state index in [2.05, 4.69) is 4.72 Å². The Morgan fingerprint density at radius 3 is 2.12 bits per heavy atom. The van der Waals surface area contributed by atoms with Crippen molar-refractivity contribution in [2.75, 3.05) is 0 Å². The summed E-state index contributed by atoms with van der Waals surface area (Å²) in [5.41, 5.74) is 1.01. The van der Waals surface area contributed by atoms with Crippen LogP contribution < -0.4 is 10.2 Å². The molecule has 140 valence electrons. The second-order valence-corrected chi connectivity index (χ2v) is 11.0. The van der Waals surface area contributed by atoms with Crippen molar-refractivity contribution in [3.63, 3.8) is 0 Å². The number of benzene rings is 1. The van der Waals surface area contributed by atoms with Gasteiger partial charge >= 0.3 is 7.12 Å². The number of halogens is 1. The molecule has 0 spiro atoms. The van der Waals surface area contributed by atoms with Crippen molar-refractivity contribution < 1.29 is 13.9 Å². The molecule has 0 bridgehead atoms. The number of rotatable bonds is 4. The first kappa shape index (κ1) is 21.1. The molecular weight excluding hydrogens is 357 g/mol. The van der Waals surface area contributed by atoms with Crippen molar-refractivity contribution in [2.45, 2.75) is 77.4 Å². The highest BCUT2D eigenvalue weighted by molar-refractivity contribution is 7.90. The maximum Gasteiger partial charge on any atom is 0.494 e. The Balaban J connectivity index is 2.16. The Morgan fingerprint density at radius 2 is 1.68 bits per heavy atom. The molecule has 1 heterocycles. The molecule has 4 nitrogen and oxygen atoms in total. The summed E-state index contributed by atoms with van der Waals surface area (Å²) in [6.45, 7) is 15.9. The van der Waals surface area contributed by atoms with Gasteiger partial charge in [0.1, 0.15) is 4.75 Å². The summed E-state index contributed by atoms with van der Waals surface area (Å²) in [5, 5.41) is 0.609. The van der Waals surface area contributed by atoms with Crippen LogP contribution >= 0.6 is 11.6 Å². The van der Waals surface area contributed by atoms with Gasteiger partial charge in [-0.25, -0.2) is 0 Å². The van der Waals surface area contributed by atoms with Crippen molar-refractivity contribution in [2.24, 2.45) is 0 Å². The lowest BCUT2D eigenvalue weighted by molar-refractivity contribution is 0.00578. The molecule has 2 rings (SSSR count). The number of hydrogen-bond acceptors (Lipinski definition) is 4. The SMILES string of the molecule is C[C@@H](N[S+]([O-])C(C)(C)C)c1ccc(B2OC(C)(C)C(C)(C)O2)cc1Cl. The minimum Gasteiger partial charge on any atom is -0.598 e. The molecule has 0 radical (unpaired) electrons. The Hall–Kier alpha value is -0.235. The fraction of sp³-hybridized carbons (Fsp3) is 0.667. The lowest BCUT2D eigenvalue weighted by Gasteiger charge is -2.32. The Bertz CT molecular complexity index is 617. The van der Waals surface area contributed by atoms with Crippen LogP contribution in [0.1, 0.15) is 67.0 Å². The van der Waals surface area contributed by atoms with Gasteiger partial charge in [0, 0.05) is 16.4 Å². The van der Waals surface area contributed by atoms with Crippen LogP contribution in [0.15, 0.2) is 18.2 Å². The lowest BCUT2D eigenvalue weighted by Crippen LogP contribution is -2.41. The highest BCUT2D eigenvalue weighted by Crippen LogP contribution is 2.37. The van der Waals surface area contributed by atoms with Gasteiger partial charge < -0.3 is 13.9 Å². The molecule has 1 aliphatic heterocycles. The first-order valence-corrected chi connectivity index (χ1v) is 10.1. The average molecular weight is 386 g/mol. The van der Waals surface area contributed by atoms with Crippen molar-refractivity contribution in [1.29, 1.82) is 0 Å². The van der Waals surface area contributed by atoms with Crippen LogP contribution in [-0.2, 0) is 20.7 Å². The molecule has 0 amide bonds. The normalized spacial score (nSPS) is 22.1. The smallest absolute Gasteiger partial charge is 0.494 e. The fourth-order valence-corrected chi connectivity index (χ4v) is 3.58. The lowest BCUT2D eigenvalue weighted by atomic mass is 9.78. The summed E-state index contributed by atoms with van der Waals surface area (Å²) < 4.78 is 27.2. The molecule has 1 aromatic carbocycles. The molecule has 25 heavy (non-hydrogen) atoms. The van der Waals surface area contributed by atoms with E-state index in [4.69, 9.17) is 20.9 Å². The van der Waals surface area contributed by atoms with Gasteiger partial charge in [-0.2, -0.15) is 0 Å². The zero-order valence-corrected chi connectivity index (χ0v) is 18.0. The molecule has 1 aromatic rings. The fourth-order valence-electron chi connectivity index (χ4n) is 2.42. The van der Waals surface area contributed by atoms with E-state index in [0.717, 1.165) is 11.0 Å². The summed E-state index contributed by atoms with van der Waals surface area (Å²) in [6.07, 6.45) is 0. The van der Waals surface area contributed by atoms with Crippen LogP contribution in [0.5, 0.6) is 0 Å². The highest BCUT2D eigenvalue weighted by atomic mass is 35.5. The molecule has 1 fully saturated rings. The Kier molecular flexibility index (Phi) is 5.95. The third kappa shape index (κ3) is 4.55. The molecule has 1 N–H and O–H groups in total. The molecule has 1 saturated heterocycles. The second-order valence-electron chi connectivity index (χ2n) is 8.59. The minimum atomic E-state index is -1.16. The van der Waals surface area contributed by atoms with E-state index in [-0.39, 0.29) is 22.0 Å². The van der Waals surface area contributed by atoms with Gasteiger partial charge in [0.25, 0.3) is 0 Å². The zero-order chi connectivity index (χ0) is 19.2. The predicted octanol–water partition coefficient (Wildman–Crippen LogP) is 3.75. The first-order chi connectivity index (χ1) is 11.2. The summed E-state index contributed by atoms with van der Waals surface area (Å²) in [4.78, 5) is 0. The van der Waals surface area contributed by atoms with Crippen LogP contribution in [0.2, 0.25) is 5.02 Å². The van der Waals surface area contributed by atoms with E-state index in [1.54, 1.807) is 0 Å². The topological polar surface area (TPSA) is 53.5 Å². The van der Waals surface area contributed by atoms with Crippen molar-refractivity contribution in [1.82, 2.24) is 4.72 Å². The largest absolute Gasteiger partial charge is 0.598 e. The molecule has 2 atom stereocenters. The quantitative estimate of drug-likeness (QED) is 0.633. The number of nitrogens with one attached hydrogen (secondary N) is 1. The standard InChI is InChI=1S/C18H29BClNO3S/c1-12(21-25(22)16(2,3)4)14-10-9-13(11-15(14)20)19-23-17(5,6)18(7,8)24-19/h9-12,21H,1-8H3/t12-,25?/m1/s1. The van der Waals surface area contributed by atoms with E-state index in [9.17, 15) is 4.55 Å². The average Bonchev–Trinajstić information content (AvgIpc) is 2.66. The van der Waals surface area contributed by atoms with Crippen LogP contribution in [0.4, 0.5) is 0 Å². The van der Waals surface area contributed by atoms with Crippen LogP contribution in [-0.4, -0.2) is 27.6 Å². The summed E-state index contributed by atoms with van der Waals surface area (Å²) in [5.74, 6) is 0. The molecular formula is C18H29BClNO3S. The molecule has 1 unspecified atom stereocenters. The summed E-state index contributed by atoms with van der Waals surface area (Å²) in [6, 6.07) is 5.65. The monoisotopic (exact) mass is 385 g/mol. The maximum atomic E-state index is 12.3. The van der Waals surface area contributed by atoms with Gasteiger partial charge in [-0.05, 0) is 72.5 Å². The Labute approximate surface area is 160 Å². The predicted molar refractivity (Wildman–Crippen MR) is 107 cm³/mol. The summed E-state index contributed by atoms with van der Waals surface area (Å²) in [7, 11) is -0.441. The molecule has 1 aliphatic rings. The third-order valence-electron chi connectivity index (χ3n) is 4.86. The van der Waals surface area contributed by atoms with Gasteiger partial charge in [0.15, 0.2) is 0 Å². The minimum absolute atomic E-state index is 0.125. The Morgan fingerprint density at radius 1 is 1.16 bits per heavy atom.